The maximum atomic E-state index is 14.0. The summed E-state index contributed by atoms with van der Waals surface area (Å²) in [6, 6.07) is 14.5. The first-order valence-electron chi connectivity index (χ1n) is 7.11. The zero-order chi connectivity index (χ0) is 15.4. The van der Waals surface area contributed by atoms with Gasteiger partial charge in [-0.05, 0) is 30.0 Å². The van der Waals surface area contributed by atoms with Crippen molar-refractivity contribution in [3.05, 3.63) is 71.0 Å². The van der Waals surface area contributed by atoms with Gasteiger partial charge in [0.15, 0.2) is 0 Å². The van der Waals surface area contributed by atoms with Crippen LogP contribution < -0.4 is 5.32 Å². The summed E-state index contributed by atoms with van der Waals surface area (Å²) in [5.74, 6) is -0.617. The second-order valence-electron chi connectivity index (χ2n) is 5.54. The molecular formula is C18H20FNO. The highest BCUT2D eigenvalue weighted by molar-refractivity contribution is 5.95. The highest BCUT2D eigenvalue weighted by atomic mass is 19.1. The molecule has 2 rings (SSSR count). The van der Waals surface area contributed by atoms with Crippen molar-refractivity contribution in [3.63, 3.8) is 0 Å². The Morgan fingerprint density at radius 2 is 1.71 bits per heavy atom. The zero-order valence-electron chi connectivity index (χ0n) is 12.6. The molecule has 0 saturated carbocycles. The fourth-order valence-electron chi connectivity index (χ4n) is 2.34. The first-order valence-corrected chi connectivity index (χ1v) is 7.11. The lowest BCUT2D eigenvalue weighted by molar-refractivity contribution is 0.0921. The summed E-state index contributed by atoms with van der Waals surface area (Å²) in [5.41, 5.74) is 1.59. The van der Waals surface area contributed by atoms with Gasteiger partial charge in [-0.1, -0.05) is 56.3 Å². The third-order valence-electron chi connectivity index (χ3n) is 3.55. The van der Waals surface area contributed by atoms with E-state index in [1.807, 2.05) is 44.2 Å². The van der Waals surface area contributed by atoms with Crippen LogP contribution in [0.5, 0.6) is 0 Å². The molecule has 0 heterocycles. The van der Waals surface area contributed by atoms with E-state index in [1.165, 1.54) is 6.07 Å². The lowest BCUT2D eigenvalue weighted by Crippen LogP contribution is -2.32. The molecule has 3 heteroatoms. The van der Waals surface area contributed by atoms with E-state index in [0.29, 0.717) is 5.56 Å². The number of carbonyl (C=O) groups excluding carboxylic acids is 1. The van der Waals surface area contributed by atoms with E-state index in [9.17, 15) is 9.18 Å². The van der Waals surface area contributed by atoms with Crippen LogP contribution in [-0.4, -0.2) is 5.91 Å². The van der Waals surface area contributed by atoms with Gasteiger partial charge in [0, 0.05) is 0 Å². The molecule has 0 aliphatic carbocycles. The van der Waals surface area contributed by atoms with Gasteiger partial charge in [0.05, 0.1) is 11.6 Å². The van der Waals surface area contributed by atoms with Crippen LogP contribution in [0.15, 0.2) is 48.5 Å². The monoisotopic (exact) mass is 285 g/mol. The lowest BCUT2D eigenvalue weighted by Gasteiger charge is -2.23. The largest absolute Gasteiger partial charge is 0.345 e. The second-order valence-corrected chi connectivity index (χ2v) is 5.54. The van der Waals surface area contributed by atoms with Crippen molar-refractivity contribution >= 4 is 5.91 Å². The van der Waals surface area contributed by atoms with E-state index in [1.54, 1.807) is 19.1 Å². The molecule has 0 aliphatic heterocycles. The van der Waals surface area contributed by atoms with E-state index >= 15 is 0 Å². The van der Waals surface area contributed by atoms with E-state index < -0.39 is 5.82 Å². The maximum absolute atomic E-state index is 14.0. The maximum Gasteiger partial charge on any atom is 0.254 e. The third kappa shape index (κ3) is 3.48. The number of aryl methyl sites for hydroxylation is 1. The Morgan fingerprint density at radius 1 is 1.05 bits per heavy atom. The number of amides is 1. The van der Waals surface area contributed by atoms with Gasteiger partial charge in [0.2, 0.25) is 0 Å². The Bertz CT molecular complexity index is 622. The Kier molecular flexibility index (Phi) is 4.73. The molecule has 0 radical (unpaired) electrons. The molecule has 1 amide bonds. The number of hydrogen-bond donors (Lipinski definition) is 1. The van der Waals surface area contributed by atoms with Gasteiger partial charge >= 0.3 is 0 Å². The van der Waals surface area contributed by atoms with Crippen LogP contribution in [0.2, 0.25) is 0 Å². The van der Waals surface area contributed by atoms with Crippen LogP contribution in [-0.2, 0) is 0 Å². The van der Waals surface area contributed by atoms with Crippen LogP contribution >= 0.6 is 0 Å². The molecule has 0 fully saturated rings. The SMILES string of the molecule is Cc1cccc(C(=O)NC(c2ccccc2)C(C)C)c1F. The molecule has 0 aliphatic rings. The predicted molar refractivity (Wildman–Crippen MR) is 82.6 cm³/mol. The van der Waals surface area contributed by atoms with Gasteiger partial charge in [-0.3, -0.25) is 4.79 Å². The van der Waals surface area contributed by atoms with Crippen molar-refractivity contribution in [2.24, 2.45) is 5.92 Å². The normalized spacial score (nSPS) is 12.2. The summed E-state index contributed by atoms with van der Waals surface area (Å²) in [5, 5.41) is 2.94. The predicted octanol–water partition coefficient (Wildman–Crippen LogP) is 4.26. The third-order valence-corrected chi connectivity index (χ3v) is 3.55. The fourth-order valence-corrected chi connectivity index (χ4v) is 2.34. The van der Waals surface area contributed by atoms with Crippen molar-refractivity contribution in [1.29, 1.82) is 0 Å². The first-order chi connectivity index (χ1) is 10.0. The highest BCUT2D eigenvalue weighted by Crippen LogP contribution is 2.22. The Labute approximate surface area is 125 Å². The summed E-state index contributed by atoms with van der Waals surface area (Å²) < 4.78 is 14.0. The van der Waals surface area contributed by atoms with Crippen molar-refractivity contribution in [2.75, 3.05) is 0 Å². The Balaban J connectivity index is 2.25. The van der Waals surface area contributed by atoms with Crippen LogP contribution in [0, 0.1) is 18.7 Å². The quantitative estimate of drug-likeness (QED) is 0.893. The topological polar surface area (TPSA) is 29.1 Å². The molecule has 110 valence electrons. The molecule has 2 aromatic rings. The summed E-state index contributed by atoms with van der Waals surface area (Å²) in [4.78, 5) is 12.4. The average molecular weight is 285 g/mol. The number of nitrogens with one attached hydrogen (secondary N) is 1. The molecule has 2 nitrogen and oxygen atoms in total. The number of hydrogen-bond acceptors (Lipinski definition) is 1. The van der Waals surface area contributed by atoms with Gasteiger partial charge in [-0.25, -0.2) is 4.39 Å². The standard InChI is InChI=1S/C18H20FNO/c1-12(2)17(14-9-5-4-6-10-14)20-18(21)15-11-7-8-13(3)16(15)19/h4-12,17H,1-3H3,(H,20,21). The van der Waals surface area contributed by atoms with Crippen LogP contribution in [0.25, 0.3) is 0 Å². The number of halogens is 1. The highest BCUT2D eigenvalue weighted by Gasteiger charge is 2.21. The molecule has 0 spiro atoms. The molecule has 21 heavy (non-hydrogen) atoms. The minimum atomic E-state index is -0.453. The second kappa shape index (κ2) is 6.53. The molecule has 1 N–H and O–H groups in total. The lowest BCUT2D eigenvalue weighted by atomic mass is 9.95. The van der Waals surface area contributed by atoms with Crippen molar-refractivity contribution in [3.8, 4) is 0 Å². The van der Waals surface area contributed by atoms with Crippen molar-refractivity contribution < 1.29 is 9.18 Å². The smallest absolute Gasteiger partial charge is 0.254 e. The Hall–Kier alpha value is -2.16. The summed E-state index contributed by atoms with van der Waals surface area (Å²) in [7, 11) is 0. The van der Waals surface area contributed by atoms with Gasteiger partial charge in [0.25, 0.3) is 5.91 Å². The van der Waals surface area contributed by atoms with Crippen molar-refractivity contribution in [1.82, 2.24) is 5.32 Å². The van der Waals surface area contributed by atoms with Gasteiger partial charge in [-0.2, -0.15) is 0 Å². The minimum absolute atomic E-state index is 0.0941. The van der Waals surface area contributed by atoms with E-state index in [4.69, 9.17) is 0 Å². The number of rotatable bonds is 4. The molecule has 1 atom stereocenters. The Morgan fingerprint density at radius 3 is 2.33 bits per heavy atom. The van der Waals surface area contributed by atoms with Crippen molar-refractivity contribution in [2.45, 2.75) is 26.8 Å². The summed E-state index contributed by atoms with van der Waals surface area (Å²) in [6.07, 6.45) is 0. The van der Waals surface area contributed by atoms with Crippen LogP contribution in [0.3, 0.4) is 0 Å². The zero-order valence-corrected chi connectivity index (χ0v) is 12.6. The van der Waals surface area contributed by atoms with Gasteiger partial charge in [-0.15, -0.1) is 0 Å². The number of carbonyl (C=O) groups is 1. The summed E-state index contributed by atoms with van der Waals surface area (Å²) >= 11 is 0. The van der Waals surface area contributed by atoms with E-state index in [2.05, 4.69) is 5.32 Å². The fraction of sp³-hybridized carbons (Fsp3) is 0.278. The molecule has 1 unspecified atom stereocenters. The van der Waals surface area contributed by atoms with Gasteiger partial charge < -0.3 is 5.32 Å². The number of benzene rings is 2. The minimum Gasteiger partial charge on any atom is -0.345 e. The average Bonchev–Trinajstić information content (AvgIpc) is 2.48. The molecule has 0 saturated heterocycles. The molecule has 2 aromatic carbocycles. The van der Waals surface area contributed by atoms with E-state index in [0.717, 1.165) is 5.56 Å². The van der Waals surface area contributed by atoms with Gasteiger partial charge in [0.1, 0.15) is 5.82 Å². The molecule has 0 bridgehead atoms. The first kappa shape index (κ1) is 15.2. The summed E-state index contributed by atoms with van der Waals surface area (Å²) in [6.45, 7) is 5.72. The van der Waals surface area contributed by atoms with Crippen LogP contribution in [0.4, 0.5) is 4.39 Å². The molecular weight excluding hydrogens is 265 g/mol. The van der Waals surface area contributed by atoms with E-state index in [-0.39, 0.29) is 23.4 Å². The van der Waals surface area contributed by atoms with Crippen LogP contribution in [0.1, 0.15) is 41.4 Å². The molecule has 0 aromatic heterocycles.